The molecule has 4 aliphatic carbocycles. The SMILES string of the molecule is CCC(=O)O[C@]1(C(=O)O)CC[C@H]2[C@@H]3CCC4=CC(=O)C=C[C@]4(C)[C@H]3C(O)C[C@@]21C. The second-order valence-corrected chi connectivity index (χ2v) is 9.71. The molecule has 6 heteroatoms. The number of allylic oxidation sites excluding steroid dienone is 4. The summed E-state index contributed by atoms with van der Waals surface area (Å²) < 4.78 is 5.64. The fourth-order valence-corrected chi connectivity index (χ4v) is 7.14. The van der Waals surface area contributed by atoms with Gasteiger partial charge in [-0.25, -0.2) is 4.79 Å². The first-order valence-corrected chi connectivity index (χ1v) is 10.7. The number of esters is 1. The van der Waals surface area contributed by atoms with E-state index in [-0.39, 0.29) is 42.8 Å². The number of carbonyl (C=O) groups is 3. The number of ether oxygens (including phenoxy) is 1. The Morgan fingerprint density at radius 3 is 2.66 bits per heavy atom. The van der Waals surface area contributed by atoms with Gasteiger partial charge in [0.15, 0.2) is 5.78 Å². The number of aliphatic carboxylic acids is 1. The maximum absolute atomic E-state index is 12.4. The zero-order valence-electron chi connectivity index (χ0n) is 17.3. The lowest BCUT2D eigenvalue weighted by Gasteiger charge is -2.59. The van der Waals surface area contributed by atoms with E-state index in [1.807, 2.05) is 13.0 Å². The van der Waals surface area contributed by atoms with Crippen molar-refractivity contribution in [1.29, 1.82) is 0 Å². The molecule has 3 fully saturated rings. The quantitative estimate of drug-likeness (QED) is 0.704. The lowest BCUT2D eigenvalue weighted by molar-refractivity contribution is -0.209. The third-order valence-corrected chi connectivity index (χ3v) is 8.54. The van der Waals surface area contributed by atoms with E-state index in [9.17, 15) is 24.6 Å². The van der Waals surface area contributed by atoms with Crippen LogP contribution in [-0.2, 0) is 19.1 Å². The Labute approximate surface area is 171 Å². The van der Waals surface area contributed by atoms with Gasteiger partial charge in [-0.15, -0.1) is 0 Å². The van der Waals surface area contributed by atoms with Gasteiger partial charge in [-0.2, -0.15) is 0 Å². The molecule has 0 radical (unpaired) electrons. The van der Waals surface area contributed by atoms with Crippen molar-refractivity contribution in [3.05, 3.63) is 23.8 Å². The third kappa shape index (κ3) is 2.61. The molecule has 0 aromatic rings. The first-order valence-electron chi connectivity index (χ1n) is 10.7. The van der Waals surface area contributed by atoms with Gasteiger partial charge in [0.1, 0.15) is 0 Å². The molecular formula is C23H30O6. The largest absolute Gasteiger partial charge is 0.478 e. The number of aliphatic hydroxyl groups excluding tert-OH is 1. The van der Waals surface area contributed by atoms with Gasteiger partial charge in [-0.1, -0.05) is 32.4 Å². The van der Waals surface area contributed by atoms with Crippen LogP contribution in [0, 0.1) is 28.6 Å². The van der Waals surface area contributed by atoms with Crippen molar-refractivity contribution in [2.45, 2.75) is 71.0 Å². The van der Waals surface area contributed by atoms with E-state index < -0.39 is 34.5 Å². The Morgan fingerprint density at radius 2 is 2.00 bits per heavy atom. The molecule has 0 amide bonds. The number of hydrogen-bond donors (Lipinski definition) is 2. The van der Waals surface area contributed by atoms with Gasteiger partial charge >= 0.3 is 11.9 Å². The number of carbonyl (C=O) groups excluding carboxylic acids is 2. The highest BCUT2D eigenvalue weighted by atomic mass is 16.6. The van der Waals surface area contributed by atoms with E-state index in [0.717, 1.165) is 18.4 Å². The van der Waals surface area contributed by atoms with Crippen LogP contribution in [0.3, 0.4) is 0 Å². The normalized spacial score (nSPS) is 45.7. The molecule has 0 saturated heterocycles. The number of fused-ring (bicyclic) bond motifs is 5. The number of carboxylic acids is 1. The van der Waals surface area contributed by atoms with E-state index in [2.05, 4.69) is 6.92 Å². The minimum Gasteiger partial charge on any atom is -0.478 e. The summed E-state index contributed by atoms with van der Waals surface area (Å²) in [5.74, 6) is -1.55. The molecule has 0 aromatic heterocycles. The van der Waals surface area contributed by atoms with E-state index in [4.69, 9.17) is 4.74 Å². The average Bonchev–Trinajstić information content (AvgIpc) is 2.94. The summed E-state index contributed by atoms with van der Waals surface area (Å²) in [5, 5.41) is 21.5. The summed E-state index contributed by atoms with van der Waals surface area (Å²) in [6.45, 7) is 5.63. The van der Waals surface area contributed by atoms with Crippen LogP contribution >= 0.6 is 0 Å². The smallest absolute Gasteiger partial charge is 0.348 e. The zero-order chi connectivity index (χ0) is 21.2. The molecule has 6 nitrogen and oxygen atoms in total. The number of hydrogen-bond acceptors (Lipinski definition) is 5. The minimum absolute atomic E-state index is 0.0108. The summed E-state index contributed by atoms with van der Waals surface area (Å²) in [7, 11) is 0. The summed E-state index contributed by atoms with van der Waals surface area (Å²) in [4.78, 5) is 36.4. The molecule has 0 heterocycles. The van der Waals surface area contributed by atoms with Crippen molar-refractivity contribution in [2.24, 2.45) is 28.6 Å². The van der Waals surface area contributed by atoms with Crippen molar-refractivity contribution < 1.29 is 29.3 Å². The fraction of sp³-hybridized carbons (Fsp3) is 0.696. The molecule has 0 aromatic carbocycles. The van der Waals surface area contributed by atoms with Gasteiger partial charge in [-0.3, -0.25) is 9.59 Å². The van der Waals surface area contributed by atoms with Crippen LogP contribution in [0.1, 0.15) is 59.3 Å². The van der Waals surface area contributed by atoms with Crippen molar-refractivity contribution in [1.82, 2.24) is 0 Å². The van der Waals surface area contributed by atoms with Gasteiger partial charge in [0.2, 0.25) is 5.60 Å². The second-order valence-electron chi connectivity index (χ2n) is 9.71. The molecule has 7 atom stereocenters. The molecule has 158 valence electrons. The van der Waals surface area contributed by atoms with E-state index >= 15 is 0 Å². The lowest BCUT2D eigenvalue weighted by atomic mass is 9.46. The average molecular weight is 402 g/mol. The number of aliphatic hydroxyl groups is 1. The van der Waals surface area contributed by atoms with Crippen LogP contribution in [0.5, 0.6) is 0 Å². The molecular weight excluding hydrogens is 372 g/mol. The Kier molecular flexibility index (Phi) is 4.57. The van der Waals surface area contributed by atoms with Crippen LogP contribution < -0.4 is 0 Å². The van der Waals surface area contributed by atoms with Crippen LogP contribution in [0.4, 0.5) is 0 Å². The Balaban J connectivity index is 1.75. The van der Waals surface area contributed by atoms with Crippen LogP contribution in [0.25, 0.3) is 0 Å². The van der Waals surface area contributed by atoms with Gasteiger partial charge in [-0.05, 0) is 56.1 Å². The van der Waals surface area contributed by atoms with Crippen LogP contribution in [0.15, 0.2) is 23.8 Å². The van der Waals surface area contributed by atoms with Crippen molar-refractivity contribution >= 4 is 17.7 Å². The molecule has 0 aliphatic heterocycles. The third-order valence-electron chi connectivity index (χ3n) is 8.54. The Morgan fingerprint density at radius 1 is 1.28 bits per heavy atom. The maximum atomic E-state index is 12.4. The van der Waals surface area contributed by atoms with Gasteiger partial charge < -0.3 is 14.9 Å². The summed E-state index contributed by atoms with van der Waals surface area (Å²) >= 11 is 0. The second kappa shape index (κ2) is 6.53. The van der Waals surface area contributed by atoms with E-state index in [1.165, 1.54) is 0 Å². The molecule has 29 heavy (non-hydrogen) atoms. The Bertz CT molecular complexity index is 827. The molecule has 0 spiro atoms. The van der Waals surface area contributed by atoms with Crippen molar-refractivity contribution in [3.8, 4) is 0 Å². The molecule has 0 bridgehead atoms. The van der Waals surface area contributed by atoms with Crippen LogP contribution in [-0.4, -0.2) is 39.6 Å². The Hall–Kier alpha value is -1.95. The van der Waals surface area contributed by atoms with Crippen LogP contribution in [0.2, 0.25) is 0 Å². The highest BCUT2D eigenvalue weighted by molar-refractivity contribution is 6.01. The monoisotopic (exact) mass is 402 g/mol. The lowest BCUT2D eigenvalue weighted by Crippen LogP contribution is -2.62. The molecule has 3 saturated carbocycles. The summed E-state index contributed by atoms with van der Waals surface area (Å²) in [6.07, 6.45) is 7.40. The summed E-state index contributed by atoms with van der Waals surface area (Å²) in [5.41, 5.74) is -1.75. The van der Waals surface area contributed by atoms with E-state index in [0.29, 0.717) is 6.42 Å². The number of carboxylic acid groups (broad SMARTS) is 1. The van der Waals surface area contributed by atoms with Crippen molar-refractivity contribution in [3.63, 3.8) is 0 Å². The predicted octanol–water partition coefficient (Wildman–Crippen LogP) is 3.04. The van der Waals surface area contributed by atoms with Gasteiger partial charge in [0, 0.05) is 23.2 Å². The first-order chi connectivity index (χ1) is 13.6. The van der Waals surface area contributed by atoms with Gasteiger partial charge in [0.25, 0.3) is 0 Å². The first kappa shape index (κ1) is 20.3. The fourth-order valence-electron chi connectivity index (χ4n) is 7.14. The molecule has 1 unspecified atom stereocenters. The molecule has 4 rings (SSSR count). The van der Waals surface area contributed by atoms with Gasteiger partial charge in [0.05, 0.1) is 6.10 Å². The standard InChI is InChI=1S/C23H30O6/c1-4-18(26)29-23(20(27)28)10-8-16-15-6-5-13-11-14(24)7-9-21(13,2)19(15)17(25)12-22(16,23)3/h7,9,11,15-17,19,25H,4-6,8,10,12H2,1-3H3,(H,27,28)/t15-,16-,17?,19+,21-,22-,23-/m0/s1. The number of ketones is 1. The predicted molar refractivity (Wildman–Crippen MR) is 105 cm³/mol. The van der Waals surface area contributed by atoms with Crippen molar-refractivity contribution in [2.75, 3.05) is 0 Å². The highest BCUT2D eigenvalue weighted by Crippen LogP contribution is 2.67. The maximum Gasteiger partial charge on any atom is 0.348 e. The summed E-state index contributed by atoms with van der Waals surface area (Å²) in [6, 6.07) is 0. The number of rotatable bonds is 3. The van der Waals surface area contributed by atoms with E-state index in [1.54, 1.807) is 19.1 Å². The minimum atomic E-state index is -1.59. The topological polar surface area (TPSA) is 101 Å². The molecule has 4 aliphatic rings. The molecule has 2 N–H and O–H groups in total. The zero-order valence-corrected chi connectivity index (χ0v) is 17.3. The highest BCUT2D eigenvalue weighted by Gasteiger charge is 2.70.